The summed E-state index contributed by atoms with van der Waals surface area (Å²) in [6.45, 7) is 0.160. The van der Waals surface area contributed by atoms with E-state index in [1.807, 2.05) is 0 Å². The van der Waals surface area contributed by atoms with E-state index in [1.54, 1.807) is 6.07 Å². The summed E-state index contributed by atoms with van der Waals surface area (Å²) < 4.78 is 18.5. The van der Waals surface area contributed by atoms with E-state index in [9.17, 15) is 14.0 Å². The predicted octanol–water partition coefficient (Wildman–Crippen LogP) is 1.53. The molecule has 0 saturated carbocycles. The molecule has 2 rings (SSSR count). The molecule has 1 aromatic carbocycles. The second kappa shape index (κ2) is 5.87. The maximum Gasteiger partial charge on any atom is 0.326 e. The first-order valence-electron chi connectivity index (χ1n) is 6.10. The molecule has 1 aliphatic heterocycles. The van der Waals surface area contributed by atoms with E-state index in [2.05, 4.69) is 5.32 Å². The molecule has 6 nitrogen and oxygen atoms in total. The number of hydrogen-bond donors (Lipinski definition) is 2. The van der Waals surface area contributed by atoms with Crippen molar-refractivity contribution in [1.82, 2.24) is 4.90 Å². The molecule has 2 atom stereocenters. The summed E-state index contributed by atoms with van der Waals surface area (Å²) in [6, 6.07) is 4.09. The van der Waals surface area contributed by atoms with Gasteiger partial charge in [-0.25, -0.2) is 14.0 Å². The predicted molar refractivity (Wildman–Crippen MR) is 69.0 cm³/mol. The van der Waals surface area contributed by atoms with Crippen LogP contribution in [0.1, 0.15) is 6.42 Å². The Bertz CT molecular complexity index is 523. The Labute approximate surface area is 115 Å². The fourth-order valence-corrected chi connectivity index (χ4v) is 2.18. The average Bonchev–Trinajstić information content (AvgIpc) is 2.86. The van der Waals surface area contributed by atoms with Gasteiger partial charge in [-0.3, -0.25) is 0 Å². The minimum atomic E-state index is -1.10. The van der Waals surface area contributed by atoms with Gasteiger partial charge in [0.25, 0.3) is 0 Å². The topological polar surface area (TPSA) is 78.9 Å². The highest BCUT2D eigenvalue weighted by Gasteiger charge is 2.40. The van der Waals surface area contributed by atoms with Gasteiger partial charge in [-0.05, 0) is 12.1 Å². The number of urea groups is 1. The van der Waals surface area contributed by atoms with Gasteiger partial charge in [-0.15, -0.1) is 0 Å². The van der Waals surface area contributed by atoms with Crippen LogP contribution >= 0.6 is 0 Å². The minimum absolute atomic E-state index is 0.0162. The van der Waals surface area contributed by atoms with Crippen molar-refractivity contribution >= 4 is 17.7 Å². The number of carboxylic acid groups (broad SMARTS) is 1. The van der Waals surface area contributed by atoms with Crippen LogP contribution in [0.2, 0.25) is 0 Å². The zero-order chi connectivity index (χ0) is 14.7. The lowest BCUT2D eigenvalue weighted by molar-refractivity contribution is -0.141. The first kappa shape index (κ1) is 14.3. The fourth-order valence-electron chi connectivity index (χ4n) is 2.18. The first-order chi connectivity index (χ1) is 9.52. The van der Waals surface area contributed by atoms with Crippen LogP contribution in [0, 0.1) is 5.82 Å². The number of para-hydroxylation sites is 1. The number of aliphatic carboxylic acids is 1. The summed E-state index contributed by atoms with van der Waals surface area (Å²) >= 11 is 0. The van der Waals surface area contributed by atoms with Crippen LogP contribution in [0.15, 0.2) is 24.3 Å². The third kappa shape index (κ3) is 2.88. The van der Waals surface area contributed by atoms with Crippen molar-refractivity contribution in [3.63, 3.8) is 0 Å². The largest absolute Gasteiger partial charge is 0.480 e. The van der Waals surface area contributed by atoms with E-state index >= 15 is 0 Å². The van der Waals surface area contributed by atoms with Gasteiger partial charge in [-0.1, -0.05) is 12.1 Å². The Hall–Kier alpha value is -2.15. The van der Waals surface area contributed by atoms with Crippen LogP contribution in [0.3, 0.4) is 0 Å². The lowest BCUT2D eigenvalue weighted by atomic mass is 10.2. The molecule has 108 valence electrons. The zero-order valence-corrected chi connectivity index (χ0v) is 10.9. The normalized spacial score (nSPS) is 21.8. The highest BCUT2D eigenvalue weighted by atomic mass is 19.1. The Morgan fingerprint density at radius 2 is 2.15 bits per heavy atom. The Kier molecular flexibility index (Phi) is 4.19. The van der Waals surface area contributed by atoms with Crippen molar-refractivity contribution in [1.29, 1.82) is 0 Å². The number of amides is 2. The molecule has 1 fully saturated rings. The number of anilines is 1. The molecule has 1 heterocycles. The van der Waals surface area contributed by atoms with Gasteiger partial charge in [0.15, 0.2) is 0 Å². The number of methoxy groups -OCH3 is 1. The molecular weight excluding hydrogens is 267 g/mol. The highest BCUT2D eigenvalue weighted by molar-refractivity contribution is 5.92. The van der Waals surface area contributed by atoms with Gasteiger partial charge in [0.2, 0.25) is 0 Å². The molecule has 2 amide bonds. The minimum Gasteiger partial charge on any atom is -0.480 e. The maximum absolute atomic E-state index is 13.5. The molecule has 7 heteroatoms. The van der Waals surface area contributed by atoms with E-state index < -0.39 is 23.9 Å². The van der Waals surface area contributed by atoms with Crippen LogP contribution < -0.4 is 5.32 Å². The quantitative estimate of drug-likeness (QED) is 0.881. The monoisotopic (exact) mass is 282 g/mol. The van der Waals surface area contributed by atoms with E-state index in [1.165, 1.54) is 25.3 Å². The second-order valence-electron chi connectivity index (χ2n) is 4.51. The van der Waals surface area contributed by atoms with E-state index in [0.717, 1.165) is 4.90 Å². The number of hydrogen-bond acceptors (Lipinski definition) is 3. The molecule has 1 aromatic rings. The second-order valence-corrected chi connectivity index (χ2v) is 4.51. The van der Waals surface area contributed by atoms with Crippen LogP contribution in [0.25, 0.3) is 0 Å². The smallest absolute Gasteiger partial charge is 0.326 e. The molecule has 1 aliphatic rings. The molecule has 0 aromatic heterocycles. The molecule has 1 saturated heterocycles. The summed E-state index contributed by atoms with van der Waals surface area (Å²) in [5.74, 6) is -1.68. The van der Waals surface area contributed by atoms with Gasteiger partial charge in [-0.2, -0.15) is 0 Å². The molecule has 2 unspecified atom stereocenters. The van der Waals surface area contributed by atoms with Crippen LogP contribution in [-0.4, -0.2) is 47.8 Å². The van der Waals surface area contributed by atoms with Crippen LogP contribution in [-0.2, 0) is 9.53 Å². The summed E-state index contributed by atoms with van der Waals surface area (Å²) in [5, 5.41) is 11.5. The lowest BCUT2D eigenvalue weighted by Crippen LogP contribution is -2.43. The van der Waals surface area contributed by atoms with Crippen LogP contribution in [0.4, 0.5) is 14.9 Å². The number of rotatable bonds is 3. The van der Waals surface area contributed by atoms with Crippen LogP contribution in [0.5, 0.6) is 0 Å². The lowest BCUT2D eigenvalue weighted by Gasteiger charge is -2.21. The summed E-state index contributed by atoms with van der Waals surface area (Å²) in [5.41, 5.74) is 0.0162. The van der Waals surface area contributed by atoms with Crippen molar-refractivity contribution < 1.29 is 23.8 Å². The van der Waals surface area contributed by atoms with Crippen molar-refractivity contribution in [3.8, 4) is 0 Å². The Morgan fingerprint density at radius 1 is 1.45 bits per heavy atom. The number of benzene rings is 1. The van der Waals surface area contributed by atoms with E-state index in [0.29, 0.717) is 0 Å². The summed E-state index contributed by atoms with van der Waals surface area (Å²) in [6.07, 6.45) is -0.112. The van der Waals surface area contributed by atoms with Gasteiger partial charge >= 0.3 is 12.0 Å². The van der Waals surface area contributed by atoms with Crippen molar-refractivity contribution in [2.75, 3.05) is 19.0 Å². The highest BCUT2D eigenvalue weighted by Crippen LogP contribution is 2.22. The zero-order valence-electron chi connectivity index (χ0n) is 10.9. The number of carbonyl (C=O) groups excluding carboxylic acids is 1. The maximum atomic E-state index is 13.5. The van der Waals surface area contributed by atoms with Crippen molar-refractivity contribution in [2.24, 2.45) is 0 Å². The number of nitrogens with one attached hydrogen (secondary N) is 1. The molecular formula is C13H15FN2O4. The Balaban J connectivity index is 2.11. The molecule has 0 radical (unpaired) electrons. The third-order valence-corrected chi connectivity index (χ3v) is 3.26. The fraction of sp³-hybridized carbons (Fsp3) is 0.385. The van der Waals surface area contributed by atoms with E-state index in [-0.39, 0.29) is 24.8 Å². The third-order valence-electron chi connectivity index (χ3n) is 3.26. The van der Waals surface area contributed by atoms with Gasteiger partial charge < -0.3 is 20.1 Å². The summed E-state index contributed by atoms with van der Waals surface area (Å²) in [7, 11) is 1.46. The summed E-state index contributed by atoms with van der Waals surface area (Å²) in [4.78, 5) is 24.4. The standard InChI is InChI=1S/C13H15FN2O4/c1-20-8-6-11(12(17)18)16(7-8)13(19)15-10-5-3-2-4-9(10)14/h2-5,8,11H,6-7H2,1H3,(H,15,19)(H,17,18). The van der Waals surface area contributed by atoms with Gasteiger partial charge in [0.05, 0.1) is 11.8 Å². The number of ether oxygens (including phenoxy) is 1. The molecule has 20 heavy (non-hydrogen) atoms. The number of carbonyl (C=O) groups is 2. The molecule has 0 spiro atoms. The van der Waals surface area contributed by atoms with Crippen molar-refractivity contribution in [3.05, 3.63) is 30.1 Å². The SMILES string of the molecule is COC1CC(C(=O)O)N(C(=O)Nc2ccccc2F)C1. The van der Waals surface area contributed by atoms with Gasteiger partial charge in [0, 0.05) is 20.1 Å². The Morgan fingerprint density at radius 3 is 2.75 bits per heavy atom. The molecule has 0 bridgehead atoms. The van der Waals surface area contributed by atoms with Gasteiger partial charge in [0.1, 0.15) is 11.9 Å². The number of carboxylic acids is 1. The van der Waals surface area contributed by atoms with Crippen molar-refractivity contribution in [2.45, 2.75) is 18.6 Å². The average molecular weight is 282 g/mol. The number of halogens is 1. The number of nitrogens with zero attached hydrogens (tertiary/aromatic N) is 1. The first-order valence-corrected chi connectivity index (χ1v) is 6.10. The number of likely N-dealkylation sites (tertiary alicyclic amines) is 1. The van der Waals surface area contributed by atoms with E-state index in [4.69, 9.17) is 9.84 Å². The molecule has 2 N–H and O–H groups in total. The molecule has 0 aliphatic carbocycles.